The van der Waals surface area contributed by atoms with Gasteiger partial charge in [0.1, 0.15) is 4.88 Å². The third-order valence-electron chi connectivity index (χ3n) is 3.71. The maximum atomic E-state index is 12.4. The van der Waals surface area contributed by atoms with Crippen molar-refractivity contribution in [1.29, 1.82) is 0 Å². The first-order chi connectivity index (χ1) is 11.7. The van der Waals surface area contributed by atoms with E-state index in [4.69, 9.17) is 0 Å². The van der Waals surface area contributed by atoms with Gasteiger partial charge in [-0.25, -0.2) is 4.98 Å². The van der Waals surface area contributed by atoms with E-state index in [1.807, 2.05) is 49.4 Å². The van der Waals surface area contributed by atoms with Crippen molar-refractivity contribution in [3.63, 3.8) is 0 Å². The maximum Gasteiger partial charge on any atom is 0.267 e. The third-order valence-corrected chi connectivity index (χ3v) is 4.70. The molecular weight excluding hydrogens is 320 g/mol. The number of nitrogens with one attached hydrogen (secondary N) is 1. The first-order valence-corrected chi connectivity index (χ1v) is 8.47. The molecule has 1 heterocycles. The number of hydrogen-bond acceptors (Lipinski definition) is 4. The smallest absolute Gasteiger partial charge is 0.267 e. The van der Waals surface area contributed by atoms with Crippen LogP contribution in [0.2, 0.25) is 0 Å². The molecule has 1 aromatic heterocycles. The van der Waals surface area contributed by atoms with Crippen LogP contribution in [0.25, 0.3) is 0 Å². The molecule has 0 unspecified atom stereocenters. The highest BCUT2D eigenvalue weighted by atomic mass is 32.1. The molecule has 2 N–H and O–H groups in total. The van der Waals surface area contributed by atoms with Crippen molar-refractivity contribution in [2.24, 2.45) is 0 Å². The van der Waals surface area contributed by atoms with E-state index in [0.29, 0.717) is 10.6 Å². The molecule has 5 heteroatoms. The third kappa shape index (κ3) is 3.88. The number of thiazole rings is 1. The number of anilines is 1. The van der Waals surface area contributed by atoms with Crippen LogP contribution in [0.3, 0.4) is 0 Å². The summed E-state index contributed by atoms with van der Waals surface area (Å²) >= 11 is 1.40. The number of aromatic nitrogens is 1. The number of nitrogens with zero attached hydrogens (tertiary/aromatic N) is 1. The first-order valence-electron chi connectivity index (χ1n) is 7.66. The zero-order chi connectivity index (χ0) is 16.9. The van der Waals surface area contributed by atoms with Gasteiger partial charge in [0.25, 0.3) is 5.91 Å². The van der Waals surface area contributed by atoms with E-state index in [2.05, 4.69) is 10.3 Å². The lowest BCUT2D eigenvalue weighted by Crippen LogP contribution is -2.11. The van der Waals surface area contributed by atoms with Gasteiger partial charge < -0.3 is 10.4 Å². The molecule has 0 radical (unpaired) electrons. The number of hydrogen-bond donors (Lipinski definition) is 2. The molecule has 0 aliphatic heterocycles. The van der Waals surface area contributed by atoms with Crippen LogP contribution in [0.15, 0.2) is 54.7 Å². The highest BCUT2D eigenvalue weighted by Gasteiger charge is 2.12. The van der Waals surface area contributed by atoms with E-state index in [1.165, 1.54) is 16.9 Å². The molecule has 122 valence electrons. The summed E-state index contributed by atoms with van der Waals surface area (Å²) in [6, 6.07) is 15.6. The SMILES string of the molecule is Cc1ccc(CO)cc1NC(=O)c1cnc(Cc2ccccc2)s1. The lowest BCUT2D eigenvalue weighted by Gasteiger charge is -2.08. The molecule has 0 aliphatic rings. The summed E-state index contributed by atoms with van der Waals surface area (Å²) in [5.74, 6) is -0.176. The van der Waals surface area contributed by atoms with Gasteiger partial charge in [0.2, 0.25) is 0 Å². The van der Waals surface area contributed by atoms with Crippen molar-refractivity contribution >= 4 is 22.9 Å². The number of aliphatic hydroxyl groups excluding tert-OH is 1. The predicted molar refractivity (Wildman–Crippen MR) is 96.4 cm³/mol. The zero-order valence-corrected chi connectivity index (χ0v) is 14.1. The summed E-state index contributed by atoms with van der Waals surface area (Å²) in [6.07, 6.45) is 2.33. The van der Waals surface area contributed by atoms with Crippen LogP contribution in [0.5, 0.6) is 0 Å². The average molecular weight is 338 g/mol. The Bertz CT molecular complexity index is 844. The topological polar surface area (TPSA) is 62.2 Å². The number of amides is 1. The van der Waals surface area contributed by atoms with Crippen LogP contribution in [0.4, 0.5) is 5.69 Å². The minimum absolute atomic E-state index is 0.0507. The van der Waals surface area contributed by atoms with Crippen LogP contribution in [0.1, 0.15) is 31.4 Å². The van der Waals surface area contributed by atoms with Gasteiger partial charge in [-0.05, 0) is 29.7 Å². The van der Waals surface area contributed by atoms with Crippen molar-refractivity contribution in [1.82, 2.24) is 4.98 Å². The van der Waals surface area contributed by atoms with Crippen molar-refractivity contribution in [3.05, 3.63) is 81.3 Å². The number of benzene rings is 2. The second-order valence-corrected chi connectivity index (χ2v) is 6.66. The summed E-state index contributed by atoms with van der Waals surface area (Å²) in [5.41, 5.74) is 3.61. The second kappa shape index (κ2) is 7.38. The Morgan fingerprint density at radius 1 is 1.17 bits per heavy atom. The number of carbonyl (C=O) groups excluding carboxylic acids is 1. The Kier molecular flexibility index (Phi) is 5.03. The predicted octanol–water partition coefficient (Wildman–Crippen LogP) is 3.79. The van der Waals surface area contributed by atoms with E-state index in [0.717, 1.165) is 22.6 Å². The fourth-order valence-electron chi connectivity index (χ4n) is 2.35. The molecule has 0 atom stereocenters. The van der Waals surface area contributed by atoms with Gasteiger partial charge in [0.05, 0.1) is 17.8 Å². The highest BCUT2D eigenvalue weighted by molar-refractivity contribution is 7.13. The summed E-state index contributed by atoms with van der Waals surface area (Å²) in [5, 5.41) is 13.0. The van der Waals surface area contributed by atoms with Gasteiger partial charge >= 0.3 is 0 Å². The quantitative estimate of drug-likeness (QED) is 0.744. The Hall–Kier alpha value is -2.50. The largest absolute Gasteiger partial charge is 0.392 e. The molecule has 0 aliphatic carbocycles. The zero-order valence-electron chi connectivity index (χ0n) is 13.3. The van der Waals surface area contributed by atoms with Gasteiger partial charge in [-0.15, -0.1) is 11.3 Å². The van der Waals surface area contributed by atoms with E-state index >= 15 is 0 Å². The minimum Gasteiger partial charge on any atom is -0.392 e. The van der Waals surface area contributed by atoms with E-state index in [-0.39, 0.29) is 12.5 Å². The number of rotatable bonds is 5. The Morgan fingerprint density at radius 3 is 2.71 bits per heavy atom. The molecule has 0 saturated heterocycles. The van der Waals surface area contributed by atoms with Gasteiger partial charge in [-0.3, -0.25) is 4.79 Å². The number of carbonyl (C=O) groups is 1. The molecule has 0 spiro atoms. The second-order valence-electron chi connectivity index (χ2n) is 5.54. The lowest BCUT2D eigenvalue weighted by atomic mass is 10.1. The van der Waals surface area contributed by atoms with Crippen LogP contribution < -0.4 is 5.32 Å². The minimum atomic E-state index is -0.176. The monoisotopic (exact) mass is 338 g/mol. The standard InChI is InChI=1S/C19H18N2O2S/c1-13-7-8-15(12-22)9-16(13)21-19(23)17-11-20-18(24-17)10-14-5-3-2-4-6-14/h2-9,11,22H,10,12H2,1H3,(H,21,23). The molecule has 3 aromatic rings. The number of aryl methyl sites for hydroxylation is 1. The Morgan fingerprint density at radius 2 is 1.96 bits per heavy atom. The average Bonchev–Trinajstić information content (AvgIpc) is 3.06. The molecule has 2 aromatic carbocycles. The van der Waals surface area contributed by atoms with Gasteiger partial charge in [0.15, 0.2) is 0 Å². The van der Waals surface area contributed by atoms with Crippen LogP contribution in [-0.4, -0.2) is 16.0 Å². The highest BCUT2D eigenvalue weighted by Crippen LogP contribution is 2.21. The summed E-state index contributed by atoms with van der Waals surface area (Å²) in [6.45, 7) is 1.87. The van der Waals surface area contributed by atoms with Crippen molar-refractivity contribution < 1.29 is 9.90 Å². The fraction of sp³-hybridized carbons (Fsp3) is 0.158. The molecule has 0 saturated carbocycles. The first kappa shape index (κ1) is 16.4. The fourth-order valence-corrected chi connectivity index (χ4v) is 3.20. The van der Waals surface area contributed by atoms with E-state index in [9.17, 15) is 9.90 Å². The van der Waals surface area contributed by atoms with Gasteiger partial charge in [-0.2, -0.15) is 0 Å². The molecular formula is C19H18N2O2S. The molecule has 24 heavy (non-hydrogen) atoms. The number of aliphatic hydroxyl groups is 1. The van der Waals surface area contributed by atoms with Crippen molar-refractivity contribution in [2.75, 3.05) is 5.32 Å². The Balaban J connectivity index is 1.72. The molecule has 1 amide bonds. The summed E-state index contributed by atoms with van der Waals surface area (Å²) in [7, 11) is 0. The van der Waals surface area contributed by atoms with Crippen LogP contribution in [-0.2, 0) is 13.0 Å². The van der Waals surface area contributed by atoms with Gasteiger partial charge in [0, 0.05) is 12.1 Å². The van der Waals surface area contributed by atoms with Crippen LogP contribution in [0, 0.1) is 6.92 Å². The summed E-state index contributed by atoms with van der Waals surface area (Å²) < 4.78 is 0. The normalized spacial score (nSPS) is 10.6. The molecule has 0 fully saturated rings. The summed E-state index contributed by atoms with van der Waals surface area (Å²) in [4.78, 5) is 17.4. The molecule has 3 rings (SSSR count). The van der Waals surface area contributed by atoms with Crippen molar-refractivity contribution in [2.45, 2.75) is 20.0 Å². The van der Waals surface area contributed by atoms with Gasteiger partial charge in [-0.1, -0.05) is 42.5 Å². The lowest BCUT2D eigenvalue weighted by molar-refractivity contribution is 0.103. The maximum absolute atomic E-state index is 12.4. The molecule has 4 nitrogen and oxygen atoms in total. The van der Waals surface area contributed by atoms with Crippen molar-refractivity contribution in [3.8, 4) is 0 Å². The van der Waals surface area contributed by atoms with E-state index in [1.54, 1.807) is 12.3 Å². The van der Waals surface area contributed by atoms with Crippen LogP contribution >= 0.6 is 11.3 Å². The Labute approximate surface area is 144 Å². The van der Waals surface area contributed by atoms with E-state index < -0.39 is 0 Å². The molecule has 0 bridgehead atoms.